The Hall–Kier alpha value is -1.14. The number of hydrogen-bond acceptors (Lipinski definition) is 3. The molecule has 20 heavy (non-hydrogen) atoms. The third kappa shape index (κ3) is 2.81. The van der Waals surface area contributed by atoms with Crippen LogP contribution in [0.4, 0.5) is 0 Å². The summed E-state index contributed by atoms with van der Waals surface area (Å²) in [4.78, 5) is 4.21. The van der Waals surface area contributed by atoms with Gasteiger partial charge < -0.3 is 9.88 Å². The van der Waals surface area contributed by atoms with Crippen LogP contribution in [-0.4, -0.2) is 26.4 Å². The summed E-state index contributed by atoms with van der Waals surface area (Å²) in [6, 6.07) is 0.227. The third-order valence-electron chi connectivity index (χ3n) is 3.65. The van der Waals surface area contributed by atoms with E-state index in [2.05, 4.69) is 54.4 Å². The molecule has 2 aromatic heterocycles. The fourth-order valence-corrected chi connectivity index (χ4v) is 3.19. The van der Waals surface area contributed by atoms with Gasteiger partial charge in [-0.2, -0.15) is 5.10 Å². The molecule has 2 heterocycles. The fourth-order valence-electron chi connectivity index (χ4n) is 2.46. The maximum Gasteiger partial charge on any atom is 0.0946 e. The van der Waals surface area contributed by atoms with Crippen molar-refractivity contribution < 1.29 is 0 Å². The molecule has 0 bridgehead atoms. The lowest BCUT2D eigenvalue weighted by Crippen LogP contribution is -2.22. The number of imidazole rings is 1. The summed E-state index contributed by atoms with van der Waals surface area (Å²) in [5, 5.41) is 8.03. The van der Waals surface area contributed by atoms with Crippen molar-refractivity contribution in [2.45, 2.75) is 39.3 Å². The number of aryl methyl sites for hydroxylation is 3. The van der Waals surface area contributed by atoms with E-state index in [1.54, 1.807) is 0 Å². The summed E-state index contributed by atoms with van der Waals surface area (Å²) in [7, 11) is 4.01. The normalized spacial score (nSPS) is 12.8. The molecule has 110 valence electrons. The average Bonchev–Trinajstić information content (AvgIpc) is 3.00. The van der Waals surface area contributed by atoms with Gasteiger partial charge in [-0.25, -0.2) is 4.98 Å². The molecule has 0 saturated heterocycles. The van der Waals surface area contributed by atoms with E-state index in [1.807, 2.05) is 26.6 Å². The van der Waals surface area contributed by atoms with Crippen molar-refractivity contribution in [2.24, 2.45) is 7.05 Å². The molecule has 0 saturated carbocycles. The molecule has 0 aliphatic heterocycles. The van der Waals surface area contributed by atoms with Crippen LogP contribution < -0.4 is 5.32 Å². The van der Waals surface area contributed by atoms with E-state index in [4.69, 9.17) is 0 Å². The van der Waals surface area contributed by atoms with Gasteiger partial charge in [-0.15, -0.1) is 0 Å². The minimum absolute atomic E-state index is 0.227. The average molecular weight is 340 g/mol. The van der Waals surface area contributed by atoms with Crippen LogP contribution in [0.3, 0.4) is 0 Å². The lowest BCUT2D eigenvalue weighted by Gasteiger charge is -2.17. The Bertz CT molecular complexity index is 572. The zero-order valence-electron chi connectivity index (χ0n) is 12.5. The first-order chi connectivity index (χ1) is 9.62. The van der Waals surface area contributed by atoms with E-state index in [1.165, 1.54) is 11.4 Å². The van der Waals surface area contributed by atoms with Crippen LogP contribution in [0.25, 0.3) is 0 Å². The van der Waals surface area contributed by atoms with E-state index in [-0.39, 0.29) is 6.04 Å². The quantitative estimate of drug-likeness (QED) is 0.879. The van der Waals surface area contributed by atoms with Crippen molar-refractivity contribution >= 4 is 15.9 Å². The minimum Gasteiger partial charge on any atom is -0.336 e. The van der Waals surface area contributed by atoms with Crippen LogP contribution in [0.5, 0.6) is 0 Å². The predicted molar refractivity (Wildman–Crippen MR) is 83.7 cm³/mol. The Kier molecular flexibility index (Phi) is 4.99. The molecular formula is C14H22BrN5. The highest BCUT2D eigenvalue weighted by Crippen LogP contribution is 2.27. The molecule has 1 unspecified atom stereocenters. The monoisotopic (exact) mass is 339 g/mol. The van der Waals surface area contributed by atoms with Crippen LogP contribution in [0.2, 0.25) is 0 Å². The molecule has 0 amide bonds. The molecule has 1 N–H and O–H groups in total. The van der Waals surface area contributed by atoms with E-state index in [0.29, 0.717) is 0 Å². The van der Waals surface area contributed by atoms with Gasteiger partial charge in [-0.05, 0) is 36.3 Å². The van der Waals surface area contributed by atoms with Crippen LogP contribution in [-0.2, 0) is 26.4 Å². The lowest BCUT2D eigenvalue weighted by molar-refractivity contribution is 0.518. The molecule has 5 nitrogen and oxygen atoms in total. The van der Waals surface area contributed by atoms with Gasteiger partial charge in [0.1, 0.15) is 0 Å². The molecule has 0 spiro atoms. The van der Waals surface area contributed by atoms with Gasteiger partial charge in [0.2, 0.25) is 0 Å². The van der Waals surface area contributed by atoms with Crippen LogP contribution >= 0.6 is 15.9 Å². The van der Waals surface area contributed by atoms with Crippen molar-refractivity contribution in [1.82, 2.24) is 24.6 Å². The first kappa shape index (κ1) is 15.3. The summed E-state index contributed by atoms with van der Waals surface area (Å²) < 4.78 is 5.29. The van der Waals surface area contributed by atoms with Crippen LogP contribution in [0.1, 0.15) is 37.0 Å². The fraction of sp³-hybridized carbons (Fsp3) is 0.571. The summed E-state index contributed by atoms with van der Waals surface area (Å²) in [5.41, 5.74) is 3.55. The zero-order valence-corrected chi connectivity index (χ0v) is 14.1. The predicted octanol–water partition coefficient (Wildman–Crippen LogP) is 2.46. The number of hydrogen-bond donors (Lipinski definition) is 1. The number of aromatic nitrogens is 4. The molecule has 6 heteroatoms. The highest BCUT2D eigenvalue weighted by Gasteiger charge is 2.20. The number of nitrogens with one attached hydrogen (secondary N) is 1. The Morgan fingerprint density at radius 2 is 2.15 bits per heavy atom. The SMILES string of the molecule is CCc1nn(CC)c(CC(NC)c2cncn2C)c1Br. The standard InChI is InChI=1S/C14H22BrN5/c1-5-10-14(15)12(20(6-2)18-10)7-11(16-3)13-8-17-9-19(13)4/h8-9,11,16H,5-7H2,1-4H3. The first-order valence-electron chi connectivity index (χ1n) is 6.99. The van der Waals surface area contributed by atoms with Crippen LogP contribution in [0, 0.1) is 0 Å². The van der Waals surface area contributed by atoms with Crippen molar-refractivity contribution in [3.8, 4) is 0 Å². The van der Waals surface area contributed by atoms with Gasteiger partial charge in [-0.1, -0.05) is 6.92 Å². The summed E-state index contributed by atoms with van der Waals surface area (Å²) in [6.07, 6.45) is 5.58. The smallest absolute Gasteiger partial charge is 0.0946 e. The lowest BCUT2D eigenvalue weighted by atomic mass is 10.1. The maximum absolute atomic E-state index is 4.66. The van der Waals surface area contributed by atoms with Crippen LogP contribution in [0.15, 0.2) is 17.0 Å². The van der Waals surface area contributed by atoms with E-state index in [9.17, 15) is 0 Å². The zero-order chi connectivity index (χ0) is 14.7. The highest BCUT2D eigenvalue weighted by atomic mass is 79.9. The van der Waals surface area contributed by atoms with Gasteiger partial charge in [0.25, 0.3) is 0 Å². The van der Waals surface area contributed by atoms with Crippen molar-refractivity contribution in [3.63, 3.8) is 0 Å². The Morgan fingerprint density at radius 3 is 2.65 bits per heavy atom. The molecule has 0 radical (unpaired) electrons. The van der Waals surface area contributed by atoms with E-state index >= 15 is 0 Å². The minimum atomic E-state index is 0.227. The topological polar surface area (TPSA) is 47.7 Å². The number of likely N-dealkylation sites (N-methyl/N-ethyl adjacent to an activating group) is 1. The van der Waals surface area contributed by atoms with E-state index in [0.717, 1.165) is 29.6 Å². The molecule has 0 aliphatic rings. The maximum atomic E-state index is 4.66. The number of nitrogens with zero attached hydrogens (tertiary/aromatic N) is 4. The van der Waals surface area contributed by atoms with Gasteiger partial charge in [-0.3, -0.25) is 4.68 Å². The van der Waals surface area contributed by atoms with Gasteiger partial charge in [0, 0.05) is 26.2 Å². The second-order valence-electron chi connectivity index (χ2n) is 4.85. The molecule has 0 aromatic carbocycles. The van der Waals surface area contributed by atoms with Crippen molar-refractivity contribution in [2.75, 3.05) is 7.05 Å². The Labute approximate surface area is 128 Å². The van der Waals surface area contributed by atoms with Crippen molar-refractivity contribution in [1.29, 1.82) is 0 Å². The second kappa shape index (κ2) is 6.54. The second-order valence-corrected chi connectivity index (χ2v) is 5.64. The molecule has 2 rings (SSSR count). The molecule has 0 fully saturated rings. The summed E-state index contributed by atoms with van der Waals surface area (Å²) >= 11 is 3.71. The summed E-state index contributed by atoms with van der Waals surface area (Å²) in [5.74, 6) is 0. The summed E-state index contributed by atoms with van der Waals surface area (Å²) in [6.45, 7) is 5.14. The molecule has 1 atom stereocenters. The van der Waals surface area contributed by atoms with E-state index < -0.39 is 0 Å². The number of halogens is 1. The third-order valence-corrected chi connectivity index (χ3v) is 4.57. The molecular weight excluding hydrogens is 318 g/mol. The highest BCUT2D eigenvalue weighted by molar-refractivity contribution is 9.10. The molecule has 2 aromatic rings. The van der Waals surface area contributed by atoms with Gasteiger partial charge in [0.15, 0.2) is 0 Å². The molecule has 0 aliphatic carbocycles. The Morgan fingerprint density at radius 1 is 1.40 bits per heavy atom. The largest absolute Gasteiger partial charge is 0.336 e. The van der Waals surface area contributed by atoms with Gasteiger partial charge in [0.05, 0.1) is 33.9 Å². The Balaban J connectivity index is 2.32. The van der Waals surface area contributed by atoms with Crippen molar-refractivity contribution in [3.05, 3.63) is 34.1 Å². The van der Waals surface area contributed by atoms with Gasteiger partial charge >= 0.3 is 0 Å². The first-order valence-corrected chi connectivity index (χ1v) is 7.79. The number of rotatable bonds is 6.